The van der Waals surface area contributed by atoms with E-state index in [0.29, 0.717) is 5.92 Å². The van der Waals surface area contributed by atoms with Gasteiger partial charge in [-0.3, -0.25) is 0 Å². The summed E-state index contributed by atoms with van der Waals surface area (Å²) in [5.74, 6) is 1.23. The Morgan fingerprint density at radius 1 is 1.50 bits per heavy atom. The van der Waals surface area contributed by atoms with E-state index in [1.54, 1.807) is 7.11 Å². The first-order chi connectivity index (χ1) is 8.63. The summed E-state index contributed by atoms with van der Waals surface area (Å²) in [4.78, 5) is 0. The molecule has 1 aromatic carbocycles. The fourth-order valence-corrected chi connectivity index (χ4v) is 3.04. The van der Waals surface area contributed by atoms with E-state index < -0.39 is 0 Å². The van der Waals surface area contributed by atoms with Crippen molar-refractivity contribution in [2.75, 3.05) is 20.3 Å². The monoisotopic (exact) mass is 332 g/mol. The minimum atomic E-state index is -0.0582. The number of rotatable bonds is 3. The Hall–Kier alpha value is -0.250. The molecule has 1 saturated heterocycles. The molecule has 18 heavy (non-hydrogen) atoms. The third-order valence-corrected chi connectivity index (χ3v) is 4.86. The summed E-state index contributed by atoms with van der Waals surface area (Å²) in [7, 11) is 1.69. The molecule has 0 radical (unpaired) electrons. The molecule has 0 spiro atoms. The molecule has 0 amide bonds. The van der Waals surface area contributed by atoms with Crippen LogP contribution in [0.4, 0.5) is 0 Å². The van der Waals surface area contributed by atoms with E-state index in [-0.39, 0.29) is 5.38 Å². The third-order valence-electron chi connectivity index (χ3n) is 3.42. The van der Waals surface area contributed by atoms with Crippen LogP contribution < -0.4 is 4.74 Å². The van der Waals surface area contributed by atoms with E-state index in [2.05, 4.69) is 22.0 Å². The maximum atomic E-state index is 6.61. The summed E-state index contributed by atoms with van der Waals surface area (Å²) >= 11 is 10.2. The molecule has 0 N–H and O–H groups in total. The number of alkyl halides is 1. The molecule has 0 saturated carbocycles. The van der Waals surface area contributed by atoms with Crippen LogP contribution in [0, 0.1) is 12.8 Å². The Morgan fingerprint density at radius 2 is 2.28 bits per heavy atom. The topological polar surface area (TPSA) is 18.5 Å². The van der Waals surface area contributed by atoms with Crippen LogP contribution in [0.2, 0.25) is 0 Å². The van der Waals surface area contributed by atoms with E-state index in [1.165, 1.54) is 0 Å². The zero-order valence-electron chi connectivity index (χ0n) is 10.7. The van der Waals surface area contributed by atoms with Gasteiger partial charge in [0.1, 0.15) is 5.75 Å². The van der Waals surface area contributed by atoms with Crippen molar-refractivity contribution >= 4 is 27.5 Å². The summed E-state index contributed by atoms with van der Waals surface area (Å²) in [5.41, 5.74) is 2.20. The van der Waals surface area contributed by atoms with Crippen LogP contribution in [0.3, 0.4) is 0 Å². The Labute approximate surface area is 122 Å². The van der Waals surface area contributed by atoms with Gasteiger partial charge in [-0.1, -0.05) is 15.9 Å². The van der Waals surface area contributed by atoms with Crippen LogP contribution in [0.15, 0.2) is 16.6 Å². The van der Waals surface area contributed by atoms with Gasteiger partial charge in [-0.15, -0.1) is 11.6 Å². The van der Waals surface area contributed by atoms with Crippen molar-refractivity contribution in [2.24, 2.45) is 5.92 Å². The molecule has 2 unspecified atom stereocenters. The van der Waals surface area contributed by atoms with E-state index in [4.69, 9.17) is 21.1 Å². The van der Waals surface area contributed by atoms with Crippen molar-refractivity contribution in [2.45, 2.75) is 25.1 Å². The van der Waals surface area contributed by atoms with Crippen LogP contribution >= 0.6 is 27.5 Å². The van der Waals surface area contributed by atoms with Gasteiger partial charge in [-0.05, 0) is 37.5 Å². The molecule has 2 nitrogen and oxygen atoms in total. The number of methoxy groups -OCH3 is 1. The smallest absolute Gasteiger partial charge is 0.123 e. The highest BCUT2D eigenvalue weighted by Gasteiger charge is 2.26. The molecule has 100 valence electrons. The van der Waals surface area contributed by atoms with Gasteiger partial charge in [-0.25, -0.2) is 0 Å². The van der Waals surface area contributed by atoms with Crippen molar-refractivity contribution in [3.8, 4) is 5.75 Å². The lowest BCUT2D eigenvalue weighted by Crippen LogP contribution is -2.21. The minimum Gasteiger partial charge on any atom is -0.496 e. The second-order valence-electron chi connectivity index (χ2n) is 4.72. The van der Waals surface area contributed by atoms with E-state index in [9.17, 15) is 0 Å². The quantitative estimate of drug-likeness (QED) is 0.760. The molecule has 1 aromatic rings. The predicted octanol–water partition coefficient (Wildman–Crippen LogP) is 4.47. The molecule has 1 aliphatic rings. The Kier molecular flexibility index (Phi) is 4.93. The lowest BCUT2D eigenvalue weighted by atomic mass is 9.92. The highest BCUT2D eigenvalue weighted by molar-refractivity contribution is 9.10. The predicted molar refractivity (Wildman–Crippen MR) is 77.6 cm³/mol. The average Bonchev–Trinajstić information content (AvgIpc) is 2.41. The van der Waals surface area contributed by atoms with E-state index in [0.717, 1.165) is 47.4 Å². The fraction of sp³-hybridized carbons (Fsp3) is 0.571. The summed E-state index contributed by atoms with van der Waals surface area (Å²) in [6.45, 7) is 3.64. The van der Waals surface area contributed by atoms with Crippen molar-refractivity contribution in [1.82, 2.24) is 0 Å². The number of ether oxygens (including phenoxy) is 2. The van der Waals surface area contributed by atoms with Crippen LogP contribution in [0.5, 0.6) is 5.75 Å². The van der Waals surface area contributed by atoms with Crippen LogP contribution in [0.1, 0.15) is 29.3 Å². The SMILES string of the molecule is COc1cc(C)c(Br)cc1C(Cl)C1CCCOC1. The highest BCUT2D eigenvalue weighted by Crippen LogP contribution is 2.40. The summed E-state index contributed by atoms with van der Waals surface area (Å²) in [6.07, 6.45) is 2.20. The van der Waals surface area contributed by atoms with Gasteiger partial charge >= 0.3 is 0 Å². The molecule has 0 aliphatic carbocycles. The number of halogens is 2. The molecule has 2 rings (SSSR count). The van der Waals surface area contributed by atoms with Gasteiger partial charge in [0.25, 0.3) is 0 Å². The molecule has 1 aliphatic heterocycles. The van der Waals surface area contributed by atoms with Gasteiger partial charge in [0.15, 0.2) is 0 Å². The maximum absolute atomic E-state index is 6.61. The Balaban J connectivity index is 2.27. The first-order valence-corrected chi connectivity index (χ1v) is 7.42. The molecule has 0 aromatic heterocycles. The molecular weight excluding hydrogens is 316 g/mol. The van der Waals surface area contributed by atoms with Crippen molar-refractivity contribution in [3.05, 3.63) is 27.7 Å². The first kappa shape index (κ1) is 14.2. The number of hydrogen-bond donors (Lipinski definition) is 0. The molecule has 1 fully saturated rings. The largest absolute Gasteiger partial charge is 0.496 e. The molecule has 2 atom stereocenters. The molecule has 0 bridgehead atoms. The standard InChI is InChI=1S/C14H18BrClO2/c1-9-6-13(17-2)11(7-12(9)15)14(16)10-4-3-5-18-8-10/h6-7,10,14H,3-5,8H2,1-2H3. The van der Waals surface area contributed by atoms with Crippen LogP contribution in [-0.2, 0) is 4.74 Å². The lowest BCUT2D eigenvalue weighted by Gasteiger charge is -2.27. The third kappa shape index (κ3) is 3.01. The lowest BCUT2D eigenvalue weighted by molar-refractivity contribution is 0.0529. The molecular formula is C14H18BrClO2. The minimum absolute atomic E-state index is 0.0582. The first-order valence-electron chi connectivity index (χ1n) is 6.19. The maximum Gasteiger partial charge on any atom is 0.123 e. The Bertz CT molecular complexity index is 417. The van der Waals surface area contributed by atoms with Crippen LogP contribution in [0.25, 0.3) is 0 Å². The van der Waals surface area contributed by atoms with Gasteiger partial charge < -0.3 is 9.47 Å². The molecule has 4 heteroatoms. The zero-order chi connectivity index (χ0) is 13.1. The number of aryl methyl sites for hydroxylation is 1. The second-order valence-corrected chi connectivity index (χ2v) is 6.05. The number of hydrogen-bond acceptors (Lipinski definition) is 2. The van der Waals surface area contributed by atoms with E-state index >= 15 is 0 Å². The highest BCUT2D eigenvalue weighted by atomic mass is 79.9. The normalized spacial score (nSPS) is 21.7. The fourth-order valence-electron chi connectivity index (χ4n) is 2.31. The van der Waals surface area contributed by atoms with Gasteiger partial charge in [-0.2, -0.15) is 0 Å². The summed E-state index contributed by atoms with van der Waals surface area (Å²) in [5, 5.41) is -0.0582. The zero-order valence-corrected chi connectivity index (χ0v) is 13.1. The van der Waals surface area contributed by atoms with E-state index in [1.807, 2.05) is 13.0 Å². The van der Waals surface area contributed by atoms with Crippen molar-refractivity contribution in [1.29, 1.82) is 0 Å². The van der Waals surface area contributed by atoms with Crippen LogP contribution in [-0.4, -0.2) is 20.3 Å². The van der Waals surface area contributed by atoms with Gasteiger partial charge in [0, 0.05) is 22.6 Å². The summed E-state index contributed by atoms with van der Waals surface area (Å²) < 4.78 is 12.0. The van der Waals surface area contributed by atoms with Gasteiger partial charge in [0.2, 0.25) is 0 Å². The Morgan fingerprint density at radius 3 is 2.89 bits per heavy atom. The van der Waals surface area contributed by atoms with Gasteiger partial charge in [0.05, 0.1) is 19.1 Å². The summed E-state index contributed by atoms with van der Waals surface area (Å²) in [6, 6.07) is 4.10. The van der Waals surface area contributed by atoms with Crippen molar-refractivity contribution in [3.63, 3.8) is 0 Å². The number of benzene rings is 1. The molecule has 1 heterocycles. The van der Waals surface area contributed by atoms with Crippen molar-refractivity contribution < 1.29 is 9.47 Å². The average molecular weight is 334 g/mol. The second kappa shape index (κ2) is 6.27.